The van der Waals surface area contributed by atoms with Crippen molar-refractivity contribution in [3.8, 4) is 0 Å². The number of esters is 1. The van der Waals surface area contributed by atoms with Gasteiger partial charge in [-0.05, 0) is 40.5 Å². The van der Waals surface area contributed by atoms with E-state index in [-0.39, 0.29) is 37.1 Å². The molecule has 0 saturated carbocycles. The zero-order chi connectivity index (χ0) is 29.6. The zero-order valence-corrected chi connectivity index (χ0v) is 24.9. The SMILES string of the molecule is COC(=O)C[C@@H](C)[C@@H](OCOCc1ccccc1)[C@@H](C)CCOC(c1ccccc1)(c1ccccc1)c1ccccc1. The average Bonchev–Trinajstić information content (AvgIpc) is 3.04. The minimum absolute atomic E-state index is 0.0603. The molecule has 0 heterocycles. The number of hydrogen-bond donors (Lipinski definition) is 0. The van der Waals surface area contributed by atoms with E-state index in [4.69, 9.17) is 18.9 Å². The molecule has 0 radical (unpaired) electrons. The smallest absolute Gasteiger partial charge is 0.305 e. The third kappa shape index (κ3) is 8.16. The first-order chi connectivity index (χ1) is 20.5. The summed E-state index contributed by atoms with van der Waals surface area (Å²) in [5.41, 5.74) is 3.50. The van der Waals surface area contributed by atoms with Gasteiger partial charge in [-0.25, -0.2) is 0 Å². The molecule has 5 heteroatoms. The molecule has 0 N–H and O–H groups in total. The monoisotopic (exact) mass is 566 g/mol. The van der Waals surface area contributed by atoms with Crippen LogP contribution in [0, 0.1) is 11.8 Å². The van der Waals surface area contributed by atoms with Crippen molar-refractivity contribution in [3.05, 3.63) is 144 Å². The second-order valence-electron chi connectivity index (χ2n) is 10.7. The fraction of sp³-hybridized carbons (Fsp3) is 0.324. The standard InChI is InChI=1S/C37H42O5/c1-29(36(30(2)26-35(38)39-3)41-28-40-27-31-16-8-4-9-17-31)24-25-42-37(32-18-10-5-11-19-32,33-20-12-6-13-21-33)34-22-14-7-15-23-34/h4-23,29-30,36H,24-28H2,1-3H3/t29-,30+,36-/m0/s1. The molecule has 0 spiro atoms. The number of rotatable bonds is 16. The summed E-state index contributed by atoms with van der Waals surface area (Å²) in [6, 6.07) is 41.1. The van der Waals surface area contributed by atoms with Crippen LogP contribution in [0.4, 0.5) is 0 Å². The van der Waals surface area contributed by atoms with Crippen molar-refractivity contribution < 1.29 is 23.7 Å². The van der Waals surface area contributed by atoms with Crippen LogP contribution < -0.4 is 0 Å². The molecular weight excluding hydrogens is 524 g/mol. The number of methoxy groups -OCH3 is 1. The highest BCUT2D eigenvalue weighted by Gasteiger charge is 2.38. The zero-order valence-electron chi connectivity index (χ0n) is 24.9. The second-order valence-corrected chi connectivity index (χ2v) is 10.7. The third-order valence-electron chi connectivity index (χ3n) is 7.73. The van der Waals surface area contributed by atoms with Crippen LogP contribution in [0.2, 0.25) is 0 Å². The van der Waals surface area contributed by atoms with Gasteiger partial charge in [-0.1, -0.05) is 135 Å². The van der Waals surface area contributed by atoms with Crippen LogP contribution in [0.5, 0.6) is 0 Å². The van der Waals surface area contributed by atoms with Gasteiger partial charge in [0.25, 0.3) is 0 Å². The molecule has 0 saturated heterocycles. The Morgan fingerprint density at radius 1 is 0.690 bits per heavy atom. The van der Waals surface area contributed by atoms with Crippen molar-refractivity contribution in [3.63, 3.8) is 0 Å². The van der Waals surface area contributed by atoms with Gasteiger partial charge in [-0.2, -0.15) is 0 Å². The maximum Gasteiger partial charge on any atom is 0.305 e. The third-order valence-corrected chi connectivity index (χ3v) is 7.73. The van der Waals surface area contributed by atoms with E-state index in [0.717, 1.165) is 28.7 Å². The largest absolute Gasteiger partial charge is 0.469 e. The number of benzene rings is 4. The first-order valence-corrected chi connectivity index (χ1v) is 14.6. The average molecular weight is 567 g/mol. The Kier molecular flexibility index (Phi) is 11.9. The van der Waals surface area contributed by atoms with Crippen LogP contribution in [0.1, 0.15) is 48.9 Å². The fourth-order valence-corrected chi connectivity index (χ4v) is 5.54. The number of ether oxygens (including phenoxy) is 4. The topological polar surface area (TPSA) is 54.0 Å². The van der Waals surface area contributed by atoms with Crippen molar-refractivity contribution in [1.29, 1.82) is 0 Å². The van der Waals surface area contributed by atoms with Crippen LogP contribution in [0.15, 0.2) is 121 Å². The number of carbonyl (C=O) groups is 1. The summed E-state index contributed by atoms with van der Waals surface area (Å²) in [5.74, 6) is -0.221. The van der Waals surface area contributed by atoms with E-state index in [1.165, 1.54) is 7.11 Å². The molecule has 0 aromatic heterocycles. The molecule has 0 aliphatic heterocycles. The highest BCUT2D eigenvalue weighted by molar-refractivity contribution is 5.69. The van der Waals surface area contributed by atoms with Gasteiger partial charge in [0.05, 0.1) is 26.2 Å². The Hall–Kier alpha value is -3.77. The molecule has 4 aromatic rings. The van der Waals surface area contributed by atoms with Crippen LogP contribution in [-0.4, -0.2) is 32.6 Å². The summed E-state index contributed by atoms with van der Waals surface area (Å²) in [5, 5.41) is 0. The van der Waals surface area contributed by atoms with Crippen molar-refractivity contribution in [2.75, 3.05) is 20.5 Å². The number of carbonyl (C=O) groups excluding carboxylic acids is 1. The molecular formula is C37H42O5. The maximum absolute atomic E-state index is 12.1. The van der Waals surface area contributed by atoms with Gasteiger partial charge in [0, 0.05) is 6.61 Å². The van der Waals surface area contributed by atoms with Crippen LogP contribution in [0.3, 0.4) is 0 Å². The Labute approximate surface area is 250 Å². The van der Waals surface area contributed by atoms with Gasteiger partial charge in [0.1, 0.15) is 12.4 Å². The predicted molar refractivity (Wildman–Crippen MR) is 166 cm³/mol. The highest BCUT2D eigenvalue weighted by Crippen LogP contribution is 2.41. The van der Waals surface area contributed by atoms with Crippen molar-refractivity contribution >= 4 is 5.97 Å². The van der Waals surface area contributed by atoms with E-state index in [2.05, 4.69) is 79.7 Å². The molecule has 0 amide bonds. The Bertz CT molecular complexity index is 1210. The van der Waals surface area contributed by atoms with E-state index < -0.39 is 5.60 Å². The second kappa shape index (κ2) is 16.0. The van der Waals surface area contributed by atoms with E-state index >= 15 is 0 Å². The van der Waals surface area contributed by atoms with Crippen molar-refractivity contribution in [1.82, 2.24) is 0 Å². The minimum atomic E-state index is -0.781. The van der Waals surface area contributed by atoms with Gasteiger partial charge in [0.15, 0.2) is 0 Å². The highest BCUT2D eigenvalue weighted by atomic mass is 16.7. The lowest BCUT2D eigenvalue weighted by atomic mass is 9.80. The number of hydrogen-bond acceptors (Lipinski definition) is 5. The lowest BCUT2D eigenvalue weighted by Gasteiger charge is -2.37. The molecule has 0 aliphatic rings. The van der Waals surface area contributed by atoms with Gasteiger partial charge in [-0.15, -0.1) is 0 Å². The molecule has 5 nitrogen and oxygen atoms in total. The van der Waals surface area contributed by atoms with Gasteiger partial charge >= 0.3 is 5.97 Å². The van der Waals surface area contributed by atoms with Gasteiger partial charge < -0.3 is 18.9 Å². The van der Waals surface area contributed by atoms with E-state index in [1.807, 2.05) is 55.5 Å². The first-order valence-electron chi connectivity index (χ1n) is 14.6. The Morgan fingerprint density at radius 3 is 1.64 bits per heavy atom. The summed E-state index contributed by atoms with van der Waals surface area (Å²) in [4.78, 5) is 12.1. The minimum Gasteiger partial charge on any atom is -0.469 e. The fourth-order valence-electron chi connectivity index (χ4n) is 5.54. The van der Waals surface area contributed by atoms with Crippen LogP contribution in [0.25, 0.3) is 0 Å². The quantitative estimate of drug-likeness (QED) is 0.0600. The van der Waals surface area contributed by atoms with E-state index in [0.29, 0.717) is 13.2 Å². The molecule has 4 rings (SSSR count). The Morgan fingerprint density at radius 2 is 1.17 bits per heavy atom. The lowest BCUT2D eigenvalue weighted by molar-refractivity contribution is -0.150. The molecule has 220 valence electrons. The van der Waals surface area contributed by atoms with Crippen molar-refractivity contribution in [2.24, 2.45) is 11.8 Å². The summed E-state index contributed by atoms with van der Waals surface area (Å²) in [6.45, 7) is 5.25. The first kappa shape index (κ1) is 31.2. The summed E-state index contributed by atoms with van der Waals surface area (Å²) in [7, 11) is 1.42. The molecule has 0 fully saturated rings. The maximum atomic E-state index is 12.1. The van der Waals surface area contributed by atoms with Gasteiger partial charge in [0.2, 0.25) is 0 Å². The van der Waals surface area contributed by atoms with E-state index in [9.17, 15) is 4.79 Å². The Balaban J connectivity index is 1.52. The van der Waals surface area contributed by atoms with Crippen LogP contribution >= 0.6 is 0 Å². The molecule has 42 heavy (non-hydrogen) atoms. The van der Waals surface area contributed by atoms with E-state index in [1.54, 1.807) is 0 Å². The summed E-state index contributed by atoms with van der Waals surface area (Å²) in [6.07, 6.45) is 0.777. The molecule has 0 unspecified atom stereocenters. The molecule has 0 bridgehead atoms. The summed E-state index contributed by atoms with van der Waals surface area (Å²) >= 11 is 0. The normalized spacial score (nSPS) is 13.7. The van der Waals surface area contributed by atoms with Crippen LogP contribution in [-0.2, 0) is 35.9 Å². The molecule has 4 aromatic carbocycles. The lowest BCUT2D eigenvalue weighted by Crippen LogP contribution is -2.35. The summed E-state index contributed by atoms with van der Waals surface area (Å²) < 4.78 is 24.1. The molecule has 0 aliphatic carbocycles. The van der Waals surface area contributed by atoms with Crippen molar-refractivity contribution in [2.45, 2.75) is 45.0 Å². The predicted octanol–water partition coefficient (Wildman–Crippen LogP) is 7.78. The molecule has 3 atom stereocenters. The van der Waals surface area contributed by atoms with Gasteiger partial charge in [-0.3, -0.25) is 4.79 Å².